The van der Waals surface area contributed by atoms with Crippen LogP contribution in [0.2, 0.25) is 0 Å². The van der Waals surface area contributed by atoms with Crippen molar-refractivity contribution in [2.75, 3.05) is 33.4 Å². The molecule has 0 N–H and O–H groups in total. The molecule has 3 rings (SSSR count). The van der Waals surface area contributed by atoms with Crippen LogP contribution in [0.15, 0.2) is 18.3 Å². The molecule has 6 nitrogen and oxygen atoms in total. The highest BCUT2D eigenvalue weighted by Gasteiger charge is 2.37. The zero-order valence-corrected chi connectivity index (χ0v) is 13.0. The molecule has 6 heteroatoms. The van der Waals surface area contributed by atoms with Crippen molar-refractivity contribution in [3.05, 3.63) is 29.6 Å². The van der Waals surface area contributed by atoms with Crippen molar-refractivity contribution in [1.29, 1.82) is 0 Å². The third kappa shape index (κ3) is 2.83. The van der Waals surface area contributed by atoms with Crippen LogP contribution in [0.25, 0.3) is 0 Å². The number of fused-ring (bicyclic) bond motifs is 1. The Balaban J connectivity index is 1.75. The first-order valence-corrected chi connectivity index (χ1v) is 7.61. The number of amides is 2. The van der Waals surface area contributed by atoms with Gasteiger partial charge in [-0.2, -0.15) is 0 Å². The van der Waals surface area contributed by atoms with Crippen LogP contribution in [-0.4, -0.2) is 66.0 Å². The van der Waals surface area contributed by atoms with E-state index in [1.165, 1.54) is 0 Å². The molecule has 22 heavy (non-hydrogen) atoms. The van der Waals surface area contributed by atoms with Gasteiger partial charge in [0.15, 0.2) is 0 Å². The van der Waals surface area contributed by atoms with E-state index in [9.17, 15) is 9.59 Å². The van der Waals surface area contributed by atoms with Crippen molar-refractivity contribution in [2.45, 2.75) is 19.4 Å². The third-order valence-corrected chi connectivity index (χ3v) is 4.62. The molecule has 2 amide bonds. The van der Waals surface area contributed by atoms with Gasteiger partial charge >= 0.3 is 0 Å². The highest BCUT2D eigenvalue weighted by molar-refractivity contribution is 5.94. The average Bonchev–Trinajstić information content (AvgIpc) is 2.67. The van der Waals surface area contributed by atoms with E-state index in [0.29, 0.717) is 31.2 Å². The molecule has 0 bridgehead atoms. The summed E-state index contributed by atoms with van der Waals surface area (Å²) < 4.78 is 5.44. The molecule has 118 valence electrons. The number of carbonyl (C=O) groups excluding carboxylic acids is 2. The summed E-state index contributed by atoms with van der Waals surface area (Å²) in [6.07, 6.45) is 2.47. The van der Waals surface area contributed by atoms with Gasteiger partial charge in [-0.05, 0) is 25.5 Å². The van der Waals surface area contributed by atoms with Gasteiger partial charge in [-0.15, -0.1) is 0 Å². The second-order valence-corrected chi connectivity index (χ2v) is 6.08. The topological polar surface area (TPSA) is 62.7 Å². The monoisotopic (exact) mass is 303 g/mol. The van der Waals surface area contributed by atoms with E-state index in [-0.39, 0.29) is 24.5 Å². The molecule has 0 aliphatic carbocycles. The molecule has 2 atom stereocenters. The molecule has 2 saturated heterocycles. The number of rotatable bonds is 1. The maximum Gasteiger partial charge on any atom is 0.255 e. The number of aryl methyl sites for hydroxylation is 1. The summed E-state index contributed by atoms with van der Waals surface area (Å²) in [5.74, 6) is 0.271. The zero-order valence-electron chi connectivity index (χ0n) is 13.0. The standard InChI is InChI=1S/C16H21N3O3/c1-11-3-4-12(7-17-11)16(21)19-6-5-13-9-22-10-15(20)18(2)14(13)8-19/h3-4,7,13-14H,5-6,8-10H2,1-2H3/t13-,14-/m0/s1. The Hall–Kier alpha value is -1.95. The number of likely N-dealkylation sites (N-methyl/N-ethyl adjacent to an activating group) is 1. The van der Waals surface area contributed by atoms with Gasteiger partial charge in [0, 0.05) is 37.9 Å². The van der Waals surface area contributed by atoms with Gasteiger partial charge < -0.3 is 14.5 Å². The Morgan fingerprint density at radius 3 is 2.95 bits per heavy atom. The van der Waals surface area contributed by atoms with Gasteiger partial charge in [0.1, 0.15) is 6.61 Å². The summed E-state index contributed by atoms with van der Waals surface area (Å²) >= 11 is 0. The van der Waals surface area contributed by atoms with Crippen LogP contribution in [0.5, 0.6) is 0 Å². The molecule has 0 radical (unpaired) electrons. The van der Waals surface area contributed by atoms with E-state index in [0.717, 1.165) is 12.1 Å². The molecule has 0 saturated carbocycles. The number of likely N-dealkylation sites (tertiary alicyclic amines) is 1. The fourth-order valence-electron chi connectivity index (χ4n) is 3.16. The van der Waals surface area contributed by atoms with Gasteiger partial charge in [-0.25, -0.2) is 0 Å². The van der Waals surface area contributed by atoms with Gasteiger partial charge in [-0.1, -0.05) is 0 Å². The predicted octanol–water partition coefficient (Wildman–Crippen LogP) is 0.709. The minimum atomic E-state index is -0.0167. The van der Waals surface area contributed by atoms with Gasteiger partial charge in [-0.3, -0.25) is 14.6 Å². The molecular formula is C16H21N3O3. The lowest BCUT2D eigenvalue weighted by atomic mass is 9.91. The van der Waals surface area contributed by atoms with Crippen LogP contribution in [0.4, 0.5) is 0 Å². The molecule has 1 aromatic rings. The lowest BCUT2D eigenvalue weighted by molar-refractivity contribution is -0.134. The zero-order chi connectivity index (χ0) is 15.7. The quantitative estimate of drug-likeness (QED) is 0.766. The minimum absolute atomic E-state index is 0.0150. The van der Waals surface area contributed by atoms with Gasteiger partial charge in [0.05, 0.1) is 18.2 Å². The molecule has 0 aromatic carbocycles. The number of nitrogens with zero attached hydrogens (tertiary/aromatic N) is 3. The summed E-state index contributed by atoms with van der Waals surface area (Å²) in [6.45, 7) is 3.88. The average molecular weight is 303 g/mol. The van der Waals surface area contributed by atoms with Crippen molar-refractivity contribution >= 4 is 11.8 Å². The summed E-state index contributed by atoms with van der Waals surface area (Å²) in [7, 11) is 1.80. The normalized spacial score (nSPS) is 25.6. The first kappa shape index (κ1) is 15.0. The molecule has 0 unspecified atom stereocenters. The van der Waals surface area contributed by atoms with E-state index in [2.05, 4.69) is 4.98 Å². The summed E-state index contributed by atoms with van der Waals surface area (Å²) in [5, 5.41) is 0. The number of carbonyl (C=O) groups is 2. The lowest BCUT2D eigenvalue weighted by Gasteiger charge is -2.41. The van der Waals surface area contributed by atoms with E-state index in [1.54, 1.807) is 18.1 Å². The summed E-state index contributed by atoms with van der Waals surface area (Å²) in [6, 6.07) is 3.68. The number of piperidine rings is 1. The van der Waals surface area contributed by atoms with Crippen molar-refractivity contribution in [1.82, 2.24) is 14.8 Å². The number of ether oxygens (including phenoxy) is 1. The van der Waals surface area contributed by atoms with E-state index in [4.69, 9.17) is 4.74 Å². The molecule has 1 aromatic heterocycles. The van der Waals surface area contributed by atoms with Crippen LogP contribution in [0.1, 0.15) is 22.5 Å². The Kier molecular flexibility index (Phi) is 4.11. The largest absolute Gasteiger partial charge is 0.371 e. The van der Waals surface area contributed by atoms with Crippen molar-refractivity contribution < 1.29 is 14.3 Å². The number of pyridine rings is 1. The first-order chi connectivity index (χ1) is 10.6. The fraction of sp³-hybridized carbons (Fsp3) is 0.562. The predicted molar refractivity (Wildman–Crippen MR) is 80.4 cm³/mol. The SMILES string of the molecule is Cc1ccc(C(=O)N2CC[C@H]3COCC(=O)N(C)[C@H]3C2)cn1. The van der Waals surface area contributed by atoms with E-state index >= 15 is 0 Å². The van der Waals surface area contributed by atoms with Crippen molar-refractivity contribution in [3.8, 4) is 0 Å². The Labute approximate surface area is 130 Å². The van der Waals surface area contributed by atoms with Crippen molar-refractivity contribution in [3.63, 3.8) is 0 Å². The highest BCUT2D eigenvalue weighted by atomic mass is 16.5. The second-order valence-electron chi connectivity index (χ2n) is 6.08. The van der Waals surface area contributed by atoms with E-state index < -0.39 is 0 Å². The molecule has 0 spiro atoms. The smallest absolute Gasteiger partial charge is 0.255 e. The fourth-order valence-corrected chi connectivity index (χ4v) is 3.16. The summed E-state index contributed by atoms with van der Waals surface area (Å²) in [4.78, 5) is 32.3. The van der Waals surface area contributed by atoms with Crippen LogP contribution in [0, 0.1) is 12.8 Å². The maximum atomic E-state index is 12.6. The lowest BCUT2D eigenvalue weighted by Crippen LogP contribution is -2.54. The molecule has 3 heterocycles. The van der Waals surface area contributed by atoms with Crippen LogP contribution >= 0.6 is 0 Å². The van der Waals surface area contributed by atoms with Crippen LogP contribution in [-0.2, 0) is 9.53 Å². The van der Waals surface area contributed by atoms with Crippen LogP contribution < -0.4 is 0 Å². The third-order valence-electron chi connectivity index (χ3n) is 4.62. The molecular weight excluding hydrogens is 282 g/mol. The van der Waals surface area contributed by atoms with Gasteiger partial charge in [0.2, 0.25) is 5.91 Å². The van der Waals surface area contributed by atoms with Crippen molar-refractivity contribution in [2.24, 2.45) is 5.92 Å². The molecule has 2 aliphatic rings. The maximum absolute atomic E-state index is 12.6. The number of hydrogen-bond acceptors (Lipinski definition) is 4. The van der Waals surface area contributed by atoms with Gasteiger partial charge in [0.25, 0.3) is 5.91 Å². The number of hydrogen-bond donors (Lipinski definition) is 0. The first-order valence-electron chi connectivity index (χ1n) is 7.61. The van der Waals surface area contributed by atoms with Crippen LogP contribution in [0.3, 0.4) is 0 Å². The number of aromatic nitrogens is 1. The van der Waals surface area contributed by atoms with E-state index in [1.807, 2.05) is 24.0 Å². The Morgan fingerprint density at radius 1 is 1.41 bits per heavy atom. The Morgan fingerprint density at radius 2 is 2.23 bits per heavy atom. The molecule has 2 fully saturated rings. The molecule has 2 aliphatic heterocycles. The second kappa shape index (κ2) is 6.04. The minimum Gasteiger partial charge on any atom is -0.371 e. The Bertz CT molecular complexity index is 573. The summed E-state index contributed by atoms with van der Waals surface area (Å²) in [5.41, 5.74) is 1.49. The highest BCUT2D eigenvalue weighted by Crippen LogP contribution is 2.25.